The van der Waals surface area contributed by atoms with E-state index < -0.39 is 0 Å². The largest absolute Gasteiger partial charge is 0.398 e. The van der Waals surface area contributed by atoms with Gasteiger partial charge in [-0.05, 0) is 23.8 Å². The molecule has 19 heavy (non-hydrogen) atoms. The molecule has 0 unspecified atom stereocenters. The van der Waals surface area contributed by atoms with E-state index >= 15 is 0 Å². The highest BCUT2D eigenvalue weighted by atomic mass is 35.5. The van der Waals surface area contributed by atoms with Crippen molar-refractivity contribution >= 4 is 23.1 Å². The summed E-state index contributed by atoms with van der Waals surface area (Å²) in [5.41, 5.74) is 7.82. The monoisotopic (exact) mass is 274 g/mol. The van der Waals surface area contributed by atoms with Gasteiger partial charge >= 0.3 is 0 Å². The lowest BCUT2D eigenvalue weighted by Crippen LogP contribution is -2.22. The number of carbonyl (C=O) groups excluding carboxylic acids is 1. The average Bonchev–Trinajstić information content (AvgIpc) is 2.43. The Hall–Kier alpha value is -1.84. The van der Waals surface area contributed by atoms with Gasteiger partial charge in [-0.1, -0.05) is 41.9 Å². The lowest BCUT2D eigenvalue weighted by atomic mass is 10.1. The van der Waals surface area contributed by atoms with Crippen molar-refractivity contribution in [1.82, 2.24) is 5.32 Å². The molecule has 3 nitrogen and oxygen atoms in total. The number of hydrogen-bond donors (Lipinski definition) is 2. The van der Waals surface area contributed by atoms with Crippen LogP contribution >= 0.6 is 11.6 Å². The van der Waals surface area contributed by atoms with E-state index in [-0.39, 0.29) is 12.3 Å². The second kappa shape index (κ2) is 6.36. The van der Waals surface area contributed by atoms with E-state index in [2.05, 4.69) is 5.32 Å². The minimum Gasteiger partial charge on any atom is -0.398 e. The smallest absolute Gasteiger partial charge is 0.176 e. The Morgan fingerprint density at radius 1 is 1.16 bits per heavy atom. The number of ketones is 1. The molecule has 0 radical (unpaired) electrons. The van der Waals surface area contributed by atoms with E-state index in [9.17, 15) is 4.79 Å². The van der Waals surface area contributed by atoms with Crippen molar-refractivity contribution in [2.24, 2.45) is 0 Å². The van der Waals surface area contributed by atoms with Crippen LogP contribution in [-0.2, 0) is 6.54 Å². The van der Waals surface area contributed by atoms with E-state index in [1.54, 1.807) is 18.2 Å². The lowest BCUT2D eigenvalue weighted by Gasteiger charge is -2.06. The molecule has 0 amide bonds. The average molecular weight is 275 g/mol. The number of rotatable bonds is 5. The Morgan fingerprint density at radius 3 is 2.58 bits per heavy atom. The van der Waals surface area contributed by atoms with Crippen molar-refractivity contribution < 1.29 is 4.79 Å². The summed E-state index contributed by atoms with van der Waals surface area (Å²) in [4.78, 5) is 11.9. The van der Waals surface area contributed by atoms with Crippen molar-refractivity contribution in [2.45, 2.75) is 6.54 Å². The molecule has 2 rings (SSSR count). The number of anilines is 1. The van der Waals surface area contributed by atoms with Gasteiger partial charge < -0.3 is 11.1 Å². The van der Waals surface area contributed by atoms with E-state index in [0.717, 1.165) is 5.56 Å². The highest BCUT2D eigenvalue weighted by Crippen LogP contribution is 2.19. The predicted molar refractivity (Wildman–Crippen MR) is 78.3 cm³/mol. The third-order valence-corrected chi connectivity index (χ3v) is 3.12. The molecule has 0 saturated heterocycles. The molecule has 0 saturated carbocycles. The molecule has 0 atom stereocenters. The molecule has 0 aliphatic heterocycles. The molecule has 4 heteroatoms. The lowest BCUT2D eigenvalue weighted by molar-refractivity contribution is 0.0991. The number of benzene rings is 2. The summed E-state index contributed by atoms with van der Waals surface area (Å²) in [6, 6.07) is 14.9. The van der Waals surface area contributed by atoms with Crippen molar-refractivity contribution in [3.05, 3.63) is 64.7 Å². The fourth-order valence-electron chi connectivity index (χ4n) is 1.74. The number of nitrogen functional groups attached to an aromatic ring is 1. The molecular formula is C15H15ClN2O. The summed E-state index contributed by atoms with van der Waals surface area (Å²) in [5.74, 6) is -0.000650. The Kier molecular flexibility index (Phi) is 4.55. The van der Waals surface area contributed by atoms with E-state index in [0.29, 0.717) is 22.8 Å². The van der Waals surface area contributed by atoms with Crippen LogP contribution in [0.3, 0.4) is 0 Å². The minimum absolute atomic E-state index is 0.000650. The van der Waals surface area contributed by atoms with Gasteiger partial charge in [0.25, 0.3) is 0 Å². The van der Waals surface area contributed by atoms with Gasteiger partial charge in [0, 0.05) is 12.1 Å². The number of Topliss-reactive ketones (excluding diaryl/α,β-unsaturated/α-hetero) is 1. The first-order valence-corrected chi connectivity index (χ1v) is 6.37. The van der Waals surface area contributed by atoms with Crippen LogP contribution in [0.4, 0.5) is 5.69 Å². The molecule has 2 aromatic rings. The number of nitrogens with one attached hydrogen (secondary N) is 1. The van der Waals surface area contributed by atoms with Crippen LogP contribution in [0.1, 0.15) is 15.9 Å². The summed E-state index contributed by atoms with van der Waals surface area (Å²) in [6.45, 7) is 0.936. The summed E-state index contributed by atoms with van der Waals surface area (Å²) >= 11 is 5.82. The maximum atomic E-state index is 11.9. The zero-order chi connectivity index (χ0) is 13.7. The third kappa shape index (κ3) is 3.81. The van der Waals surface area contributed by atoms with Gasteiger partial charge in [0.1, 0.15) is 0 Å². The Balaban J connectivity index is 1.89. The Morgan fingerprint density at radius 2 is 1.89 bits per heavy atom. The second-order valence-corrected chi connectivity index (χ2v) is 4.66. The Bertz CT molecular complexity index is 570. The Labute approximate surface area is 117 Å². The van der Waals surface area contributed by atoms with Gasteiger partial charge in [-0.2, -0.15) is 0 Å². The molecule has 0 fully saturated rings. The van der Waals surface area contributed by atoms with Crippen LogP contribution in [-0.4, -0.2) is 12.3 Å². The summed E-state index contributed by atoms with van der Waals surface area (Å²) in [7, 11) is 0. The van der Waals surface area contributed by atoms with Crippen LogP contribution < -0.4 is 11.1 Å². The first-order valence-electron chi connectivity index (χ1n) is 5.99. The molecule has 0 aliphatic carbocycles. The van der Waals surface area contributed by atoms with Crippen LogP contribution in [0.2, 0.25) is 5.02 Å². The number of hydrogen-bond acceptors (Lipinski definition) is 3. The number of halogens is 1. The van der Waals surface area contributed by atoms with Gasteiger partial charge in [0.05, 0.1) is 17.3 Å². The van der Waals surface area contributed by atoms with Crippen LogP contribution in [0.5, 0.6) is 0 Å². The molecule has 98 valence electrons. The molecule has 0 bridgehead atoms. The number of carbonyl (C=O) groups is 1. The van der Waals surface area contributed by atoms with Gasteiger partial charge in [-0.15, -0.1) is 0 Å². The first kappa shape index (κ1) is 13.6. The van der Waals surface area contributed by atoms with Crippen LogP contribution in [0.15, 0.2) is 48.5 Å². The van der Waals surface area contributed by atoms with E-state index in [1.165, 1.54) is 0 Å². The highest BCUT2D eigenvalue weighted by molar-refractivity contribution is 6.33. The minimum atomic E-state index is -0.000650. The first-order chi connectivity index (χ1) is 9.16. The van der Waals surface area contributed by atoms with Crippen LogP contribution in [0.25, 0.3) is 0 Å². The summed E-state index contributed by atoms with van der Waals surface area (Å²) in [6.07, 6.45) is 0. The zero-order valence-corrected chi connectivity index (χ0v) is 11.2. The van der Waals surface area contributed by atoms with Crippen molar-refractivity contribution in [3.63, 3.8) is 0 Å². The molecule has 2 aromatic carbocycles. The third-order valence-electron chi connectivity index (χ3n) is 2.78. The fraction of sp³-hybridized carbons (Fsp3) is 0.133. The summed E-state index contributed by atoms with van der Waals surface area (Å²) in [5, 5.41) is 3.58. The summed E-state index contributed by atoms with van der Waals surface area (Å²) < 4.78 is 0. The molecule has 3 N–H and O–H groups in total. The molecule has 0 aliphatic rings. The maximum Gasteiger partial charge on any atom is 0.176 e. The molecule has 0 aromatic heterocycles. The molecular weight excluding hydrogens is 260 g/mol. The normalized spacial score (nSPS) is 10.4. The van der Waals surface area contributed by atoms with Crippen molar-refractivity contribution in [2.75, 3.05) is 12.3 Å². The number of nitrogens with two attached hydrogens (primary N) is 1. The maximum absolute atomic E-state index is 11.9. The van der Waals surface area contributed by atoms with Gasteiger partial charge in [0.2, 0.25) is 0 Å². The molecule has 0 heterocycles. The van der Waals surface area contributed by atoms with E-state index in [4.69, 9.17) is 17.3 Å². The quantitative estimate of drug-likeness (QED) is 0.651. The predicted octanol–water partition coefficient (Wildman–Crippen LogP) is 2.89. The highest BCUT2D eigenvalue weighted by Gasteiger charge is 2.07. The zero-order valence-electron chi connectivity index (χ0n) is 10.4. The second-order valence-electron chi connectivity index (χ2n) is 4.25. The van der Waals surface area contributed by atoms with E-state index in [1.807, 2.05) is 30.3 Å². The van der Waals surface area contributed by atoms with Crippen molar-refractivity contribution in [3.8, 4) is 0 Å². The fourth-order valence-corrected chi connectivity index (χ4v) is 1.85. The standard InChI is InChI=1S/C15H15ClN2O/c16-13-7-6-12(8-14(13)17)15(19)10-18-9-11-4-2-1-3-5-11/h1-8,18H,9-10,17H2. The van der Waals surface area contributed by atoms with Crippen molar-refractivity contribution in [1.29, 1.82) is 0 Å². The van der Waals surface area contributed by atoms with Crippen LogP contribution in [0, 0.1) is 0 Å². The van der Waals surface area contributed by atoms with Gasteiger partial charge in [0.15, 0.2) is 5.78 Å². The molecule has 0 spiro atoms. The van der Waals surface area contributed by atoms with Gasteiger partial charge in [-0.25, -0.2) is 0 Å². The topological polar surface area (TPSA) is 55.1 Å². The SMILES string of the molecule is Nc1cc(C(=O)CNCc2ccccc2)ccc1Cl. The van der Waals surface area contributed by atoms with Gasteiger partial charge in [-0.3, -0.25) is 4.79 Å².